The standard InChI is InChI=1S/C23H25N3O5S/c27-21-6-5-19(22(28)24-21)26-13-20-18(23(26)29)11-17(32-20)14-31-16-3-1-15(2-4-16)12-25-7-9-30-10-8-25/h1-4,11,19H,5-10,12-14H2,(H,24,27,28)/t19-/m0/s1. The van der Waals surface area contributed by atoms with E-state index in [9.17, 15) is 14.4 Å². The highest BCUT2D eigenvalue weighted by molar-refractivity contribution is 7.12. The number of carbonyl (C=O) groups is 3. The molecule has 1 aromatic carbocycles. The van der Waals surface area contributed by atoms with E-state index in [2.05, 4.69) is 22.3 Å². The summed E-state index contributed by atoms with van der Waals surface area (Å²) in [4.78, 5) is 42.2. The lowest BCUT2D eigenvalue weighted by Gasteiger charge is -2.29. The van der Waals surface area contributed by atoms with Gasteiger partial charge in [0, 0.05) is 35.8 Å². The van der Waals surface area contributed by atoms with Gasteiger partial charge in [-0.25, -0.2) is 0 Å². The Bertz CT molecular complexity index is 1030. The molecule has 5 rings (SSSR count). The number of amides is 3. The molecule has 3 aliphatic heterocycles. The highest BCUT2D eigenvalue weighted by Crippen LogP contribution is 2.34. The Labute approximate surface area is 190 Å². The number of morpholine rings is 1. The number of hydrogen-bond acceptors (Lipinski definition) is 7. The summed E-state index contributed by atoms with van der Waals surface area (Å²) in [6, 6.07) is 9.41. The maximum absolute atomic E-state index is 12.8. The average Bonchev–Trinajstić information content (AvgIpc) is 3.33. The molecule has 2 fully saturated rings. The molecule has 2 saturated heterocycles. The van der Waals surface area contributed by atoms with Crippen molar-refractivity contribution >= 4 is 29.1 Å². The Balaban J connectivity index is 1.16. The van der Waals surface area contributed by atoms with Crippen molar-refractivity contribution in [1.82, 2.24) is 15.1 Å². The number of ether oxygens (including phenoxy) is 2. The number of carbonyl (C=O) groups excluding carboxylic acids is 3. The molecule has 0 spiro atoms. The lowest BCUT2D eigenvalue weighted by atomic mass is 10.0. The number of rotatable bonds is 6. The molecule has 0 saturated carbocycles. The molecule has 8 nitrogen and oxygen atoms in total. The maximum atomic E-state index is 12.8. The zero-order chi connectivity index (χ0) is 22.1. The Morgan fingerprint density at radius 3 is 2.62 bits per heavy atom. The molecule has 1 aromatic heterocycles. The van der Waals surface area contributed by atoms with Crippen LogP contribution < -0.4 is 10.1 Å². The second-order valence-electron chi connectivity index (χ2n) is 8.27. The molecule has 3 aliphatic rings. The first-order chi connectivity index (χ1) is 15.6. The van der Waals surface area contributed by atoms with Crippen LogP contribution in [0.5, 0.6) is 5.75 Å². The number of nitrogens with one attached hydrogen (secondary N) is 1. The quantitative estimate of drug-likeness (QED) is 0.670. The summed E-state index contributed by atoms with van der Waals surface area (Å²) in [5, 5.41) is 2.33. The van der Waals surface area contributed by atoms with Gasteiger partial charge in [-0.3, -0.25) is 24.6 Å². The van der Waals surface area contributed by atoms with Crippen LogP contribution in [0.1, 0.15) is 38.5 Å². The fraction of sp³-hybridized carbons (Fsp3) is 0.435. The largest absolute Gasteiger partial charge is 0.488 e. The molecular weight excluding hydrogens is 430 g/mol. The summed E-state index contributed by atoms with van der Waals surface area (Å²) in [7, 11) is 0. The van der Waals surface area contributed by atoms with Crippen molar-refractivity contribution in [3.8, 4) is 5.75 Å². The van der Waals surface area contributed by atoms with Crippen LogP contribution in [-0.2, 0) is 34.0 Å². The van der Waals surface area contributed by atoms with Crippen LogP contribution in [0.25, 0.3) is 0 Å². The minimum atomic E-state index is -0.574. The van der Waals surface area contributed by atoms with Crippen molar-refractivity contribution in [1.29, 1.82) is 0 Å². The Kier molecular flexibility index (Phi) is 5.95. The van der Waals surface area contributed by atoms with Gasteiger partial charge in [0.05, 0.1) is 25.3 Å². The summed E-state index contributed by atoms with van der Waals surface area (Å²) < 4.78 is 11.3. The zero-order valence-corrected chi connectivity index (χ0v) is 18.5. The SMILES string of the molecule is O=C1CC[C@H](N2Cc3sc(COc4ccc(CN5CCOCC5)cc4)cc3C2=O)C(=O)N1. The number of thiophene rings is 1. The average molecular weight is 456 g/mol. The van der Waals surface area contributed by atoms with Crippen LogP contribution in [0.2, 0.25) is 0 Å². The van der Waals surface area contributed by atoms with Crippen molar-refractivity contribution < 1.29 is 23.9 Å². The van der Waals surface area contributed by atoms with Gasteiger partial charge in [-0.1, -0.05) is 12.1 Å². The van der Waals surface area contributed by atoms with E-state index in [0.717, 1.165) is 48.4 Å². The predicted molar refractivity (Wildman–Crippen MR) is 117 cm³/mol. The summed E-state index contributed by atoms with van der Waals surface area (Å²) >= 11 is 1.54. The van der Waals surface area contributed by atoms with E-state index in [1.54, 1.807) is 4.90 Å². The van der Waals surface area contributed by atoms with Crippen LogP contribution in [-0.4, -0.2) is 59.9 Å². The van der Waals surface area contributed by atoms with E-state index in [1.165, 1.54) is 16.9 Å². The second-order valence-corrected chi connectivity index (χ2v) is 9.49. The predicted octanol–water partition coefficient (Wildman–Crippen LogP) is 1.92. The van der Waals surface area contributed by atoms with E-state index in [1.807, 2.05) is 18.2 Å². The van der Waals surface area contributed by atoms with Crippen LogP contribution in [0.15, 0.2) is 30.3 Å². The van der Waals surface area contributed by atoms with E-state index >= 15 is 0 Å². The summed E-state index contributed by atoms with van der Waals surface area (Å²) in [5.41, 5.74) is 1.88. The summed E-state index contributed by atoms with van der Waals surface area (Å²) in [6.07, 6.45) is 0.640. The Morgan fingerprint density at radius 2 is 1.91 bits per heavy atom. The minimum absolute atomic E-state index is 0.149. The Morgan fingerprint density at radius 1 is 1.12 bits per heavy atom. The lowest BCUT2D eigenvalue weighted by molar-refractivity contribution is -0.136. The molecule has 0 bridgehead atoms. The first-order valence-electron chi connectivity index (χ1n) is 10.8. The zero-order valence-electron chi connectivity index (χ0n) is 17.7. The van der Waals surface area contributed by atoms with Gasteiger partial charge in [0.2, 0.25) is 11.8 Å². The minimum Gasteiger partial charge on any atom is -0.488 e. The number of fused-ring (bicyclic) bond motifs is 1. The second kappa shape index (κ2) is 9.01. The molecular formula is C23H25N3O5S. The van der Waals surface area contributed by atoms with Gasteiger partial charge in [-0.15, -0.1) is 11.3 Å². The first-order valence-corrected chi connectivity index (χ1v) is 11.7. The molecule has 32 heavy (non-hydrogen) atoms. The molecule has 168 valence electrons. The molecule has 1 N–H and O–H groups in total. The van der Waals surface area contributed by atoms with Crippen LogP contribution in [0.4, 0.5) is 0 Å². The van der Waals surface area contributed by atoms with Crippen LogP contribution in [0.3, 0.4) is 0 Å². The van der Waals surface area contributed by atoms with Crippen LogP contribution in [0, 0.1) is 0 Å². The van der Waals surface area contributed by atoms with Crippen molar-refractivity contribution in [3.63, 3.8) is 0 Å². The Hall–Kier alpha value is -2.75. The monoisotopic (exact) mass is 455 g/mol. The normalized spacial score (nSPS) is 21.6. The van der Waals surface area contributed by atoms with Gasteiger partial charge >= 0.3 is 0 Å². The van der Waals surface area contributed by atoms with E-state index in [0.29, 0.717) is 25.1 Å². The van der Waals surface area contributed by atoms with Crippen molar-refractivity contribution in [2.75, 3.05) is 26.3 Å². The maximum Gasteiger partial charge on any atom is 0.256 e. The number of hydrogen-bond donors (Lipinski definition) is 1. The van der Waals surface area contributed by atoms with Crippen molar-refractivity contribution in [3.05, 3.63) is 51.2 Å². The van der Waals surface area contributed by atoms with Gasteiger partial charge < -0.3 is 14.4 Å². The first kappa shape index (κ1) is 21.1. The molecule has 9 heteroatoms. The van der Waals surface area contributed by atoms with E-state index < -0.39 is 6.04 Å². The van der Waals surface area contributed by atoms with Gasteiger partial charge in [-0.05, 0) is 30.2 Å². The molecule has 0 unspecified atom stereocenters. The van der Waals surface area contributed by atoms with Crippen molar-refractivity contribution in [2.24, 2.45) is 0 Å². The summed E-state index contributed by atoms with van der Waals surface area (Å²) in [5.74, 6) is -0.0168. The molecule has 1 atom stereocenters. The number of benzene rings is 1. The van der Waals surface area contributed by atoms with Gasteiger partial charge in [0.1, 0.15) is 18.4 Å². The third-order valence-corrected chi connectivity index (χ3v) is 7.16. The highest BCUT2D eigenvalue weighted by atomic mass is 32.1. The van der Waals surface area contributed by atoms with E-state index in [-0.39, 0.29) is 24.1 Å². The third-order valence-electron chi connectivity index (χ3n) is 6.07. The van der Waals surface area contributed by atoms with Crippen molar-refractivity contribution in [2.45, 2.75) is 38.6 Å². The van der Waals surface area contributed by atoms with E-state index in [4.69, 9.17) is 9.47 Å². The molecule has 4 heterocycles. The molecule has 3 amide bonds. The fourth-order valence-corrected chi connectivity index (χ4v) is 5.40. The van der Waals surface area contributed by atoms with Crippen LogP contribution >= 0.6 is 11.3 Å². The molecule has 2 aromatic rings. The smallest absolute Gasteiger partial charge is 0.256 e. The van der Waals surface area contributed by atoms with Gasteiger partial charge in [0.25, 0.3) is 5.91 Å². The topological polar surface area (TPSA) is 88.2 Å². The van der Waals surface area contributed by atoms with Gasteiger partial charge in [-0.2, -0.15) is 0 Å². The van der Waals surface area contributed by atoms with Gasteiger partial charge in [0.15, 0.2) is 0 Å². The number of piperidine rings is 1. The molecule has 0 aliphatic carbocycles. The summed E-state index contributed by atoms with van der Waals surface area (Å²) in [6.45, 7) is 5.21. The lowest BCUT2D eigenvalue weighted by Crippen LogP contribution is -2.52. The number of imide groups is 1. The molecule has 0 radical (unpaired) electrons. The fourth-order valence-electron chi connectivity index (χ4n) is 4.33. The number of nitrogens with zero attached hydrogens (tertiary/aromatic N) is 2. The highest BCUT2D eigenvalue weighted by Gasteiger charge is 2.40. The third kappa shape index (κ3) is 4.41.